The molecule has 2 N–H and O–H groups in total. The molecule has 6 heteroatoms. The highest BCUT2D eigenvalue weighted by Crippen LogP contribution is 2.22. The number of rotatable bonds is 3. The molecule has 21 heavy (non-hydrogen) atoms. The molecule has 0 aliphatic rings. The average molecular weight is 279 g/mol. The van der Waals surface area contributed by atoms with Gasteiger partial charge in [-0.15, -0.1) is 10.2 Å². The fourth-order valence-corrected chi connectivity index (χ4v) is 1.89. The van der Waals surface area contributed by atoms with Crippen LogP contribution in [0.2, 0.25) is 0 Å². The molecular weight excluding hydrogens is 266 g/mol. The third-order valence-corrected chi connectivity index (χ3v) is 2.89. The van der Waals surface area contributed by atoms with Gasteiger partial charge in [0, 0.05) is 17.7 Å². The first-order valence-electron chi connectivity index (χ1n) is 6.34. The van der Waals surface area contributed by atoms with E-state index in [0.717, 1.165) is 11.3 Å². The number of nitrogens with zero attached hydrogens (tertiary/aromatic N) is 4. The van der Waals surface area contributed by atoms with E-state index >= 15 is 0 Å². The number of benzene rings is 1. The summed E-state index contributed by atoms with van der Waals surface area (Å²) in [4.78, 5) is 8.70. The first-order chi connectivity index (χ1) is 10.3. The molecule has 0 atom stereocenters. The molecule has 0 saturated heterocycles. The molecular formula is C15H13N5O. The minimum Gasteiger partial charge on any atom is -0.480 e. The lowest BCUT2D eigenvalue weighted by molar-refractivity contribution is 0.392. The third kappa shape index (κ3) is 2.79. The minimum absolute atomic E-state index is 0.386. The highest BCUT2D eigenvalue weighted by molar-refractivity contribution is 5.65. The molecule has 3 aromatic rings. The Kier molecular flexibility index (Phi) is 3.42. The Morgan fingerprint density at radius 1 is 0.905 bits per heavy atom. The molecule has 0 spiro atoms. The van der Waals surface area contributed by atoms with Crippen LogP contribution in [0.15, 0.2) is 48.5 Å². The first kappa shape index (κ1) is 13.0. The molecule has 6 nitrogen and oxygen atoms in total. The summed E-state index contributed by atoms with van der Waals surface area (Å²) in [6.07, 6.45) is 0. The molecule has 0 radical (unpaired) electrons. The van der Waals surface area contributed by atoms with E-state index in [2.05, 4.69) is 20.2 Å². The average Bonchev–Trinajstić information content (AvgIpc) is 2.55. The van der Waals surface area contributed by atoms with Crippen molar-refractivity contribution in [3.05, 3.63) is 48.5 Å². The van der Waals surface area contributed by atoms with Gasteiger partial charge in [-0.3, -0.25) is 0 Å². The molecule has 0 aliphatic carbocycles. The molecule has 2 aromatic heterocycles. The normalized spacial score (nSPS) is 10.3. The summed E-state index contributed by atoms with van der Waals surface area (Å²) in [7, 11) is 1.54. The van der Waals surface area contributed by atoms with Gasteiger partial charge in [-0.25, -0.2) is 9.97 Å². The zero-order valence-corrected chi connectivity index (χ0v) is 11.4. The largest absolute Gasteiger partial charge is 0.480 e. The number of aromatic nitrogens is 4. The van der Waals surface area contributed by atoms with Gasteiger partial charge in [-0.05, 0) is 6.07 Å². The second-order valence-electron chi connectivity index (χ2n) is 4.33. The summed E-state index contributed by atoms with van der Waals surface area (Å²) in [6.45, 7) is 0. The number of anilines is 1. The van der Waals surface area contributed by atoms with E-state index in [-0.39, 0.29) is 0 Å². The Labute approximate surface area is 121 Å². The monoisotopic (exact) mass is 279 g/mol. The van der Waals surface area contributed by atoms with Gasteiger partial charge in [-0.1, -0.05) is 30.3 Å². The zero-order valence-electron chi connectivity index (χ0n) is 11.4. The minimum atomic E-state index is 0.386. The molecule has 1 aromatic carbocycles. The Morgan fingerprint density at radius 3 is 2.38 bits per heavy atom. The van der Waals surface area contributed by atoms with E-state index in [4.69, 9.17) is 10.5 Å². The van der Waals surface area contributed by atoms with Crippen LogP contribution in [0.3, 0.4) is 0 Å². The van der Waals surface area contributed by atoms with E-state index < -0.39 is 0 Å². The number of nitrogen functional groups attached to an aromatic ring is 1. The van der Waals surface area contributed by atoms with Gasteiger partial charge in [-0.2, -0.15) is 0 Å². The van der Waals surface area contributed by atoms with Crippen LogP contribution in [-0.4, -0.2) is 27.3 Å². The molecule has 0 fully saturated rings. The molecule has 0 saturated carbocycles. The van der Waals surface area contributed by atoms with Crippen LogP contribution in [0.5, 0.6) is 5.88 Å². The smallest absolute Gasteiger partial charge is 0.233 e. The maximum absolute atomic E-state index is 5.87. The molecule has 0 amide bonds. The molecule has 3 rings (SSSR count). The predicted molar refractivity (Wildman–Crippen MR) is 79.5 cm³/mol. The van der Waals surface area contributed by atoms with Gasteiger partial charge < -0.3 is 10.5 Å². The quantitative estimate of drug-likeness (QED) is 0.790. The summed E-state index contributed by atoms with van der Waals surface area (Å²) < 4.78 is 4.98. The number of nitrogens with two attached hydrogens (primary N) is 1. The Bertz CT molecular complexity index is 744. The third-order valence-electron chi connectivity index (χ3n) is 2.89. The fourth-order valence-electron chi connectivity index (χ4n) is 1.89. The van der Waals surface area contributed by atoms with Crippen molar-refractivity contribution < 1.29 is 4.74 Å². The van der Waals surface area contributed by atoms with Crippen molar-refractivity contribution in [2.24, 2.45) is 0 Å². The Hall–Kier alpha value is -3.02. The van der Waals surface area contributed by atoms with E-state index in [1.54, 1.807) is 18.2 Å². The first-order valence-corrected chi connectivity index (χ1v) is 6.34. The van der Waals surface area contributed by atoms with Crippen LogP contribution in [0.4, 0.5) is 5.82 Å². The number of ether oxygens (including phenoxy) is 1. The van der Waals surface area contributed by atoms with Crippen molar-refractivity contribution in [3.8, 4) is 28.7 Å². The van der Waals surface area contributed by atoms with Crippen LogP contribution >= 0.6 is 0 Å². The molecule has 2 heterocycles. The fraction of sp³-hybridized carbons (Fsp3) is 0.0667. The second-order valence-corrected chi connectivity index (χ2v) is 4.33. The molecule has 104 valence electrons. The van der Waals surface area contributed by atoms with Crippen LogP contribution in [0, 0.1) is 0 Å². The number of methoxy groups -OCH3 is 1. The van der Waals surface area contributed by atoms with Crippen molar-refractivity contribution >= 4 is 5.82 Å². The van der Waals surface area contributed by atoms with Crippen molar-refractivity contribution in [2.45, 2.75) is 0 Å². The summed E-state index contributed by atoms with van der Waals surface area (Å²) >= 11 is 0. The lowest BCUT2D eigenvalue weighted by Gasteiger charge is -2.05. The Balaban J connectivity index is 2.05. The highest BCUT2D eigenvalue weighted by Gasteiger charge is 2.09. The van der Waals surface area contributed by atoms with Crippen LogP contribution < -0.4 is 10.5 Å². The van der Waals surface area contributed by atoms with Crippen molar-refractivity contribution in [3.63, 3.8) is 0 Å². The molecule has 0 bridgehead atoms. The zero-order chi connectivity index (χ0) is 14.7. The van der Waals surface area contributed by atoms with Crippen molar-refractivity contribution in [1.29, 1.82) is 0 Å². The van der Waals surface area contributed by atoms with Gasteiger partial charge >= 0.3 is 0 Å². The maximum atomic E-state index is 5.87. The van der Waals surface area contributed by atoms with Crippen LogP contribution in [0.1, 0.15) is 0 Å². The summed E-state index contributed by atoms with van der Waals surface area (Å²) in [5, 5.41) is 7.95. The second kappa shape index (κ2) is 5.54. The molecule has 0 aliphatic heterocycles. The van der Waals surface area contributed by atoms with Crippen molar-refractivity contribution in [1.82, 2.24) is 20.2 Å². The lowest BCUT2D eigenvalue weighted by atomic mass is 10.1. The Morgan fingerprint density at radius 2 is 1.71 bits per heavy atom. The summed E-state index contributed by atoms with van der Waals surface area (Å²) in [6, 6.07) is 14.9. The van der Waals surface area contributed by atoms with Gasteiger partial charge in [0.25, 0.3) is 0 Å². The predicted octanol–water partition coefficient (Wildman–Crippen LogP) is 2.19. The van der Waals surface area contributed by atoms with Gasteiger partial charge in [0.1, 0.15) is 11.5 Å². The lowest BCUT2D eigenvalue weighted by Crippen LogP contribution is -2.00. The van der Waals surface area contributed by atoms with E-state index in [9.17, 15) is 0 Å². The summed E-state index contributed by atoms with van der Waals surface area (Å²) in [5.41, 5.74) is 8.12. The van der Waals surface area contributed by atoms with Gasteiger partial charge in [0.2, 0.25) is 5.88 Å². The highest BCUT2D eigenvalue weighted by atomic mass is 16.5. The number of hydrogen-bond acceptors (Lipinski definition) is 6. The van der Waals surface area contributed by atoms with E-state index in [1.807, 2.05) is 30.3 Å². The SMILES string of the molecule is COc1ccc(-c2nc(N)cc(-c3ccccc3)n2)nn1. The maximum Gasteiger partial charge on any atom is 0.233 e. The number of hydrogen-bond donors (Lipinski definition) is 1. The van der Waals surface area contributed by atoms with Crippen LogP contribution in [-0.2, 0) is 0 Å². The van der Waals surface area contributed by atoms with E-state index in [1.165, 1.54) is 7.11 Å². The summed E-state index contributed by atoms with van der Waals surface area (Å²) in [5.74, 6) is 1.26. The van der Waals surface area contributed by atoms with Gasteiger partial charge in [0.05, 0.1) is 12.8 Å². The molecule has 0 unspecified atom stereocenters. The van der Waals surface area contributed by atoms with Crippen molar-refractivity contribution in [2.75, 3.05) is 12.8 Å². The standard InChI is InChI=1S/C15H13N5O/c1-21-14-8-7-11(19-20-14)15-17-12(9-13(16)18-15)10-5-3-2-4-6-10/h2-9H,1H3,(H2,16,17,18). The topological polar surface area (TPSA) is 86.8 Å². The van der Waals surface area contributed by atoms with Crippen LogP contribution in [0.25, 0.3) is 22.8 Å². The van der Waals surface area contributed by atoms with E-state index in [0.29, 0.717) is 23.2 Å². The van der Waals surface area contributed by atoms with Gasteiger partial charge in [0.15, 0.2) is 5.82 Å².